The maximum Gasteiger partial charge on any atom is 0.341 e. The third-order valence-electron chi connectivity index (χ3n) is 4.05. The number of sulfone groups is 1. The highest BCUT2D eigenvalue weighted by molar-refractivity contribution is 7.91. The second-order valence-corrected chi connectivity index (χ2v) is 7.18. The van der Waals surface area contributed by atoms with E-state index in [1.807, 2.05) is 0 Å². The van der Waals surface area contributed by atoms with Crippen molar-refractivity contribution in [3.63, 3.8) is 0 Å². The Morgan fingerprint density at radius 2 is 1.95 bits per heavy atom. The maximum atomic E-state index is 12.5. The summed E-state index contributed by atoms with van der Waals surface area (Å²) < 4.78 is 47.7. The number of hydrogen-bond acceptors (Lipinski definition) is 4. The number of likely N-dealkylation sites (N-methyl/N-ethyl adjacent to an activating group) is 1. The molecule has 0 amide bonds. The topological polar surface area (TPSA) is 40.6 Å². The number of benzene rings is 1. The van der Waals surface area contributed by atoms with Crippen LogP contribution < -0.4 is 4.90 Å². The number of alkyl halides is 2. The van der Waals surface area contributed by atoms with E-state index in [1.54, 1.807) is 12.1 Å². The van der Waals surface area contributed by atoms with Gasteiger partial charge in [0.05, 0.1) is 4.90 Å². The molecule has 1 heterocycles. The molecule has 7 heteroatoms. The number of anilines is 1. The fraction of sp³-hybridized carbons (Fsp3) is 0.571. The third kappa shape index (κ3) is 3.35. The van der Waals surface area contributed by atoms with Crippen LogP contribution in [0, 0.1) is 0 Å². The molecule has 4 nitrogen and oxygen atoms in total. The van der Waals surface area contributed by atoms with Gasteiger partial charge in [-0.3, -0.25) is 0 Å². The molecule has 0 bridgehead atoms. The smallest absolute Gasteiger partial charge is 0.341 e. The monoisotopic (exact) mass is 318 g/mol. The molecule has 1 aliphatic rings. The van der Waals surface area contributed by atoms with Crippen molar-refractivity contribution in [1.29, 1.82) is 0 Å². The van der Waals surface area contributed by atoms with Crippen LogP contribution in [0.25, 0.3) is 0 Å². The predicted octanol–water partition coefficient (Wildman–Crippen LogP) is 2.21. The lowest BCUT2D eigenvalue weighted by Crippen LogP contribution is -2.34. The Morgan fingerprint density at radius 1 is 1.33 bits per heavy atom. The molecule has 0 spiro atoms. The molecule has 1 aromatic carbocycles. The van der Waals surface area contributed by atoms with Gasteiger partial charge >= 0.3 is 5.76 Å². The lowest BCUT2D eigenvalue weighted by Gasteiger charge is -2.24. The van der Waals surface area contributed by atoms with Gasteiger partial charge in [0, 0.05) is 24.8 Å². The van der Waals surface area contributed by atoms with Crippen LogP contribution in [0.3, 0.4) is 0 Å². The second kappa shape index (κ2) is 6.27. The SMILES string of the molecule is CCN(C)C1CCN(c2ccc(S(=O)(=O)C(F)F)cc2)C1. The molecule has 0 aliphatic carbocycles. The van der Waals surface area contributed by atoms with Crippen molar-refractivity contribution < 1.29 is 17.2 Å². The van der Waals surface area contributed by atoms with Crippen LogP contribution >= 0.6 is 0 Å². The Bertz CT molecular complexity index is 575. The van der Waals surface area contributed by atoms with E-state index >= 15 is 0 Å². The highest BCUT2D eigenvalue weighted by Gasteiger charge is 2.28. The van der Waals surface area contributed by atoms with Gasteiger partial charge in [-0.25, -0.2) is 8.42 Å². The summed E-state index contributed by atoms with van der Waals surface area (Å²) in [5.41, 5.74) is 0.871. The molecule has 0 radical (unpaired) electrons. The summed E-state index contributed by atoms with van der Waals surface area (Å²) in [6.45, 7) is 4.83. The number of hydrogen-bond donors (Lipinski definition) is 0. The summed E-state index contributed by atoms with van der Waals surface area (Å²) in [6, 6.07) is 6.19. The Balaban J connectivity index is 2.11. The Kier molecular flexibility index (Phi) is 4.83. The summed E-state index contributed by atoms with van der Waals surface area (Å²) in [7, 11) is -2.43. The predicted molar refractivity (Wildman–Crippen MR) is 78.6 cm³/mol. The summed E-state index contributed by atoms with van der Waals surface area (Å²) in [5.74, 6) is -3.38. The van der Waals surface area contributed by atoms with Crippen LogP contribution in [-0.4, -0.2) is 51.8 Å². The number of rotatable bonds is 5. The fourth-order valence-electron chi connectivity index (χ4n) is 2.54. The van der Waals surface area contributed by atoms with Crippen LogP contribution in [0.15, 0.2) is 29.2 Å². The zero-order valence-electron chi connectivity index (χ0n) is 12.2. The fourth-order valence-corrected chi connectivity index (χ4v) is 3.26. The molecule has 1 atom stereocenters. The number of halogens is 2. The average molecular weight is 318 g/mol. The van der Waals surface area contributed by atoms with Crippen molar-refractivity contribution >= 4 is 15.5 Å². The Morgan fingerprint density at radius 3 is 2.48 bits per heavy atom. The Hall–Kier alpha value is -1.21. The maximum absolute atomic E-state index is 12.5. The van der Waals surface area contributed by atoms with Crippen LogP contribution in [-0.2, 0) is 9.84 Å². The molecule has 0 saturated carbocycles. The normalized spacial score (nSPS) is 19.7. The summed E-state index contributed by atoms with van der Waals surface area (Å²) in [5, 5.41) is 0. The van der Waals surface area contributed by atoms with Gasteiger partial charge in [-0.05, 0) is 44.3 Å². The third-order valence-corrected chi connectivity index (χ3v) is 5.45. The highest BCUT2D eigenvalue weighted by atomic mass is 32.2. The van der Waals surface area contributed by atoms with Crippen LogP contribution in [0.4, 0.5) is 14.5 Å². The minimum atomic E-state index is -4.51. The molecule has 1 fully saturated rings. The van der Waals surface area contributed by atoms with Gasteiger partial charge in [0.25, 0.3) is 0 Å². The zero-order valence-corrected chi connectivity index (χ0v) is 13.0. The van der Waals surface area contributed by atoms with Gasteiger partial charge in [-0.2, -0.15) is 8.78 Å². The van der Waals surface area contributed by atoms with Crippen molar-refractivity contribution in [3.05, 3.63) is 24.3 Å². The molecule has 118 valence electrons. The van der Waals surface area contributed by atoms with E-state index in [-0.39, 0.29) is 4.90 Å². The molecule has 1 aromatic rings. The van der Waals surface area contributed by atoms with Crippen molar-refractivity contribution in [2.24, 2.45) is 0 Å². The lowest BCUT2D eigenvalue weighted by molar-refractivity contribution is 0.234. The largest absolute Gasteiger partial charge is 0.370 e. The number of nitrogens with zero attached hydrogens (tertiary/aromatic N) is 2. The Labute approximate surface area is 124 Å². The van der Waals surface area contributed by atoms with Gasteiger partial charge in [0.15, 0.2) is 0 Å². The standard InChI is InChI=1S/C14H20F2N2O2S/c1-3-17(2)12-8-9-18(10-12)11-4-6-13(7-5-11)21(19,20)14(15)16/h4-7,12,14H,3,8-10H2,1-2H3. The first-order valence-corrected chi connectivity index (χ1v) is 8.48. The van der Waals surface area contributed by atoms with Crippen LogP contribution in [0.5, 0.6) is 0 Å². The molecule has 0 N–H and O–H groups in total. The summed E-state index contributed by atoms with van der Waals surface area (Å²) in [4.78, 5) is 4.09. The van der Waals surface area contributed by atoms with Gasteiger partial charge in [0.1, 0.15) is 0 Å². The zero-order chi connectivity index (χ0) is 15.6. The van der Waals surface area contributed by atoms with Gasteiger partial charge in [0.2, 0.25) is 9.84 Å². The minimum Gasteiger partial charge on any atom is -0.370 e. The van der Waals surface area contributed by atoms with E-state index in [0.717, 1.165) is 31.7 Å². The molecule has 21 heavy (non-hydrogen) atoms. The van der Waals surface area contributed by atoms with Gasteiger partial charge in [-0.15, -0.1) is 0 Å². The van der Waals surface area contributed by atoms with E-state index in [1.165, 1.54) is 12.1 Å². The van der Waals surface area contributed by atoms with E-state index in [4.69, 9.17) is 0 Å². The molecular formula is C14H20F2N2O2S. The molecule has 1 aliphatic heterocycles. The van der Waals surface area contributed by atoms with E-state index in [0.29, 0.717) is 6.04 Å². The average Bonchev–Trinajstić information content (AvgIpc) is 2.96. The van der Waals surface area contributed by atoms with Gasteiger partial charge < -0.3 is 9.80 Å². The quantitative estimate of drug-likeness (QED) is 0.835. The molecule has 1 unspecified atom stereocenters. The van der Waals surface area contributed by atoms with Gasteiger partial charge in [-0.1, -0.05) is 6.92 Å². The van der Waals surface area contributed by atoms with Crippen LogP contribution in [0.1, 0.15) is 13.3 Å². The van der Waals surface area contributed by atoms with E-state index in [9.17, 15) is 17.2 Å². The summed E-state index contributed by atoms with van der Waals surface area (Å²) >= 11 is 0. The second-order valence-electron chi connectivity index (χ2n) is 5.26. The van der Waals surface area contributed by atoms with Crippen molar-refractivity contribution in [2.45, 2.75) is 30.0 Å². The first kappa shape index (κ1) is 16.2. The van der Waals surface area contributed by atoms with Crippen LogP contribution in [0.2, 0.25) is 0 Å². The highest BCUT2D eigenvalue weighted by Crippen LogP contribution is 2.25. The minimum absolute atomic E-state index is 0.331. The first-order valence-electron chi connectivity index (χ1n) is 6.93. The first-order chi connectivity index (χ1) is 9.86. The lowest BCUT2D eigenvalue weighted by atomic mass is 10.2. The van der Waals surface area contributed by atoms with Crippen molar-refractivity contribution in [1.82, 2.24) is 4.90 Å². The van der Waals surface area contributed by atoms with Crippen molar-refractivity contribution in [2.75, 3.05) is 31.6 Å². The summed E-state index contributed by atoms with van der Waals surface area (Å²) in [6.07, 6.45) is 1.04. The molecule has 0 aromatic heterocycles. The molecule has 1 saturated heterocycles. The van der Waals surface area contributed by atoms with Crippen molar-refractivity contribution in [3.8, 4) is 0 Å². The molecule has 2 rings (SSSR count). The van der Waals surface area contributed by atoms with E-state index < -0.39 is 15.6 Å². The molecular weight excluding hydrogens is 298 g/mol. The van der Waals surface area contributed by atoms with E-state index in [2.05, 4.69) is 23.8 Å².